The largest absolute Gasteiger partial charge is 0.463 e. The summed E-state index contributed by atoms with van der Waals surface area (Å²) >= 11 is 7.51. The molecular weight excluding hydrogens is 342 g/mol. The first-order valence-electron chi connectivity index (χ1n) is 7.36. The highest BCUT2D eigenvalue weighted by atomic mass is 35.5. The van der Waals surface area contributed by atoms with Gasteiger partial charge in [0.25, 0.3) is 0 Å². The molecule has 0 amide bonds. The van der Waals surface area contributed by atoms with Crippen LogP contribution in [0.15, 0.2) is 75.3 Å². The van der Waals surface area contributed by atoms with E-state index < -0.39 is 0 Å². The second-order valence-corrected chi connectivity index (χ2v) is 6.35. The van der Waals surface area contributed by atoms with Gasteiger partial charge in [0.1, 0.15) is 11.5 Å². The molecule has 0 saturated carbocycles. The summed E-state index contributed by atoms with van der Waals surface area (Å²) in [6.45, 7) is 6.35. The fraction of sp³-hybridized carbons (Fsp3) is 0.111. The highest BCUT2D eigenvalue weighted by Gasteiger charge is 2.07. The Hall–Kier alpha value is -2.37. The van der Waals surface area contributed by atoms with Gasteiger partial charge in [0.05, 0.1) is 12.0 Å². The first kappa shape index (κ1) is 16.5. The Labute approximate surface area is 149 Å². The number of hydrogen-bond donors (Lipinski definition) is 0. The van der Waals surface area contributed by atoms with Crippen LogP contribution in [-0.2, 0) is 6.54 Å². The van der Waals surface area contributed by atoms with E-state index in [1.54, 1.807) is 6.26 Å². The van der Waals surface area contributed by atoms with Gasteiger partial charge < -0.3 is 8.98 Å². The number of allylic oxidation sites excluding steroid dienone is 1. The number of rotatable bonds is 5. The van der Waals surface area contributed by atoms with Gasteiger partial charge in [-0.05, 0) is 36.8 Å². The van der Waals surface area contributed by atoms with Crippen molar-refractivity contribution in [2.45, 2.75) is 13.5 Å². The molecule has 3 aromatic rings. The number of nitrogens with zero attached hydrogens (tertiary/aromatic N) is 3. The number of furan rings is 1. The van der Waals surface area contributed by atoms with E-state index >= 15 is 0 Å². The van der Waals surface area contributed by atoms with Crippen LogP contribution in [0.5, 0.6) is 0 Å². The molecule has 2 heterocycles. The summed E-state index contributed by atoms with van der Waals surface area (Å²) in [5, 5.41) is 11.4. The van der Waals surface area contributed by atoms with Crippen LogP contribution >= 0.6 is 22.9 Å². The summed E-state index contributed by atoms with van der Waals surface area (Å²) in [5.41, 5.74) is 2.86. The van der Waals surface area contributed by atoms with E-state index in [2.05, 4.69) is 26.7 Å². The molecule has 6 heteroatoms. The van der Waals surface area contributed by atoms with E-state index in [0.717, 1.165) is 21.8 Å². The van der Waals surface area contributed by atoms with Crippen LogP contribution in [0.4, 0.5) is 0 Å². The summed E-state index contributed by atoms with van der Waals surface area (Å²) in [6, 6.07) is 11.4. The van der Waals surface area contributed by atoms with E-state index in [-0.39, 0.29) is 0 Å². The van der Waals surface area contributed by atoms with Crippen LogP contribution in [0.2, 0.25) is 5.02 Å². The highest BCUT2D eigenvalue weighted by molar-refractivity contribution is 7.07. The third-order valence-corrected chi connectivity index (χ3v) is 4.52. The van der Waals surface area contributed by atoms with Gasteiger partial charge in [0.15, 0.2) is 0 Å². The van der Waals surface area contributed by atoms with Crippen molar-refractivity contribution >= 4 is 28.6 Å². The minimum atomic E-state index is 0.648. The summed E-state index contributed by atoms with van der Waals surface area (Å²) < 4.78 is 7.39. The predicted molar refractivity (Wildman–Crippen MR) is 99.4 cm³/mol. The molecule has 0 unspecified atom stereocenters. The summed E-state index contributed by atoms with van der Waals surface area (Å²) in [6.07, 6.45) is 3.46. The minimum absolute atomic E-state index is 0.648. The van der Waals surface area contributed by atoms with E-state index in [0.29, 0.717) is 17.3 Å². The van der Waals surface area contributed by atoms with Crippen molar-refractivity contribution in [3.05, 3.63) is 76.3 Å². The Kier molecular flexibility index (Phi) is 5.13. The molecule has 0 aliphatic heterocycles. The van der Waals surface area contributed by atoms with Crippen LogP contribution in [0.25, 0.3) is 11.3 Å². The molecule has 0 aliphatic carbocycles. The lowest BCUT2D eigenvalue weighted by Crippen LogP contribution is -2.15. The first-order chi connectivity index (χ1) is 11.7. The zero-order valence-electron chi connectivity index (χ0n) is 13.1. The molecule has 0 radical (unpaired) electrons. The Morgan fingerprint density at radius 2 is 2.12 bits per heavy atom. The fourth-order valence-electron chi connectivity index (χ4n) is 2.22. The number of halogens is 1. The molecule has 4 nitrogen and oxygen atoms in total. The predicted octanol–water partition coefficient (Wildman–Crippen LogP) is 4.97. The molecule has 0 atom stereocenters. The van der Waals surface area contributed by atoms with Gasteiger partial charge in [-0.3, -0.25) is 0 Å². The molecule has 3 rings (SSSR count). The maximum absolute atomic E-state index is 5.97. The first-order valence-corrected chi connectivity index (χ1v) is 8.62. The molecular formula is C18H16ClN3OS. The number of hydrogen-bond acceptors (Lipinski definition) is 4. The second kappa shape index (κ2) is 7.47. The topological polar surface area (TPSA) is 42.8 Å². The average molecular weight is 358 g/mol. The number of aromatic nitrogens is 1. The quantitative estimate of drug-likeness (QED) is 0.361. The molecule has 0 N–H and O–H groups in total. The zero-order valence-corrected chi connectivity index (χ0v) is 14.7. The Bertz CT molecular complexity index is 918. The van der Waals surface area contributed by atoms with Crippen LogP contribution in [-0.4, -0.2) is 10.3 Å². The summed E-state index contributed by atoms with van der Waals surface area (Å²) in [5.74, 6) is 0.712. The van der Waals surface area contributed by atoms with Crippen LogP contribution in [0.1, 0.15) is 12.7 Å². The minimum Gasteiger partial charge on any atom is -0.463 e. The van der Waals surface area contributed by atoms with Crippen LogP contribution < -0.4 is 4.80 Å². The third kappa shape index (κ3) is 3.58. The van der Waals surface area contributed by atoms with Crippen LogP contribution in [0.3, 0.4) is 0 Å². The van der Waals surface area contributed by atoms with Gasteiger partial charge >= 0.3 is 0 Å². The second-order valence-electron chi connectivity index (χ2n) is 5.07. The van der Waals surface area contributed by atoms with Crippen molar-refractivity contribution in [1.29, 1.82) is 0 Å². The van der Waals surface area contributed by atoms with Crippen molar-refractivity contribution in [2.75, 3.05) is 0 Å². The Balaban J connectivity index is 2.02. The average Bonchev–Trinajstić information content (AvgIpc) is 3.24. The molecule has 0 spiro atoms. The fourth-order valence-corrected chi connectivity index (χ4v) is 3.21. The highest BCUT2D eigenvalue weighted by Crippen LogP contribution is 2.22. The van der Waals surface area contributed by atoms with Gasteiger partial charge in [0.2, 0.25) is 4.80 Å². The molecule has 0 aliphatic rings. The number of benzene rings is 1. The summed E-state index contributed by atoms with van der Waals surface area (Å²) in [4.78, 5) is 0.797. The van der Waals surface area contributed by atoms with Gasteiger partial charge in [-0.25, -0.2) is 0 Å². The summed E-state index contributed by atoms with van der Waals surface area (Å²) in [7, 11) is 0. The van der Waals surface area contributed by atoms with Crippen molar-refractivity contribution in [3.8, 4) is 11.3 Å². The van der Waals surface area contributed by atoms with Gasteiger partial charge in [0, 0.05) is 16.9 Å². The lowest BCUT2D eigenvalue weighted by molar-refractivity contribution is 0.557. The lowest BCUT2D eigenvalue weighted by Gasteiger charge is -2.06. The van der Waals surface area contributed by atoms with Crippen molar-refractivity contribution < 1.29 is 4.42 Å². The Morgan fingerprint density at radius 1 is 1.33 bits per heavy atom. The van der Waals surface area contributed by atoms with Crippen molar-refractivity contribution in [2.24, 2.45) is 10.2 Å². The molecule has 24 heavy (non-hydrogen) atoms. The van der Waals surface area contributed by atoms with E-state index in [1.165, 1.54) is 11.3 Å². The molecule has 2 aromatic heterocycles. The lowest BCUT2D eigenvalue weighted by atomic mass is 10.2. The monoisotopic (exact) mass is 357 g/mol. The van der Waals surface area contributed by atoms with E-state index in [1.807, 2.05) is 49.4 Å². The van der Waals surface area contributed by atoms with Gasteiger partial charge in [-0.15, -0.1) is 28.1 Å². The molecule has 1 aromatic carbocycles. The SMILES string of the molecule is C=CCn1c(-c2ccc(Cl)cc2)cs/c1=N/N=C(\C)c1ccco1. The van der Waals surface area contributed by atoms with Crippen LogP contribution in [0, 0.1) is 0 Å². The third-order valence-electron chi connectivity index (χ3n) is 3.41. The van der Waals surface area contributed by atoms with Crippen molar-refractivity contribution in [3.63, 3.8) is 0 Å². The Morgan fingerprint density at radius 3 is 2.79 bits per heavy atom. The maximum Gasteiger partial charge on any atom is 0.211 e. The van der Waals surface area contributed by atoms with Gasteiger partial charge in [-0.2, -0.15) is 0 Å². The van der Waals surface area contributed by atoms with E-state index in [9.17, 15) is 0 Å². The van der Waals surface area contributed by atoms with Gasteiger partial charge in [-0.1, -0.05) is 29.8 Å². The molecule has 0 fully saturated rings. The normalized spacial score (nSPS) is 12.6. The molecule has 0 bridgehead atoms. The smallest absolute Gasteiger partial charge is 0.211 e. The molecule has 122 valence electrons. The number of thiazole rings is 1. The standard InChI is InChI=1S/C18H16ClN3OS/c1-3-10-22-16(14-6-8-15(19)9-7-14)12-24-18(22)21-20-13(2)17-5-4-11-23-17/h3-9,11-12H,1,10H2,2H3/b20-13+,21-18+. The maximum atomic E-state index is 5.97. The molecule has 0 saturated heterocycles. The zero-order chi connectivity index (χ0) is 16.9. The van der Waals surface area contributed by atoms with Crippen molar-refractivity contribution in [1.82, 2.24) is 4.57 Å². The van der Waals surface area contributed by atoms with E-state index in [4.69, 9.17) is 16.0 Å².